The minimum atomic E-state index is -1.30. The third kappa shape index (κ3) is 9.66. The average Bonchev–Trinajstić information content (AvgIpc) is 3.24. The molecule has 3 amide bonds. The molecule has 306 valence electrons. The third-order valence-corrected chi connectivity index (χ3v) is 10.9. The van der Waals surface area contributed by atoms with E-state index in [-0.39, 0.29) is 38.5 Å². The molecule has 0 saturated carbocycles. The number of carboxylic acids is 1. The molecule has 14 heteroatoms. The number of carboxylic acid groups (broad SMARTS) is 1. The van der Waals surface area contributed by atoms with Crippen molar-refractivity contribution in [2.24, 2.45) is 5.92 Å². The normalized spacial score (nSPS) is 16.0. The number of nitrogens with zero attached hydrogens (tertiary/aromatic N) is 2. The first-order valence-electron chi connectivity index (χ1n) is 19.2. The van der Waals surface area contributed by atoms with Gasteiger partial charge in [-0.15, -0.1) is 0 Å². The van der Waals surface area contributed by atoms with Crippen LogP contribution in [-0.2, 0) is 45.1 Å². The molecule has 0 radical (unpaired) electrons. The summed E-state index contributed by atoms with van der Waals surface area (Å²) in [5.41, 5.74) is 6.18. The van der Waals surface area contributed by atoms with Gasteiger partial charge in [0.2, 0.25) is 12.0 Å². The summed E-state index contributed by atoms with van der Waals surface area (Å²) in [4.78, 5) is 54.7. The van der Waals surface area contributed by atoms with Gasteiger partial charge in [-0.05, 0) is 87.8 Å². The molecule has 12 nitrogen and oxygen atoms in total. The van der Waals surface area contributed by atoms with Crippen molar-refractivity contribution >= 4 is 52.8 Å². The number of rotatable bonds is 12. The molecule has 0 fully saturated rings. The predicted octanol–water partition coefficient (Wildman–Crippen LogP) is 8.51. The van der Waals surface area contributed by atoms with E-state index in [9.17, 15) is 24.3 Å². The largest absolute Gasteiger partial charge is 0.489 e. The number of carbonyl (C=O) groups excluding carboxylic acids is 3. The summed E-state index contributed by atoms with van der Waals surface area (Å²) >= 11 is 12.1. The number of nitriles is 1. The Balaban J connectivity index is 1.06. The van der Waals surface area contributed by atoms with Gasteiger partial charge in [-0.2, -0.15) is 5.26 Å². The summed E-state index contributed by atoms with van der Waals surface area (Å²) in [6.45, 7) is 4.14. The van der Waals surface area contributed by atoms with Gasteiger partial charge < -0.3 is 30.0 Å². The van der Waals surface area contributed by atoms with Crippen LogP contribution in [0.5, 0.6) is 11.5 Å². The Morgan fingerprint density at radius 3 is 2.25 bits per heavy atom. The zero-order chi connectivity index (χ0) is 42.5. The fraction of sp³-hybridized carbons (Fsp3) is 0.239. The molecule has 2 unspecified atom stereocenters. The number of nitrogens with one attached hydrogen (secondary N) is 2. The monoisotopic (exact) mass is 846 g/mol. The molecule has 5 aromatic rings. The summed E-state index contributed by atoms with van der Waals surface area (Å²) < 4.78 is 17.7. The molecular formula is C46H40Cl2N4O8. The standard InChI is InChI=1S/C46H40Cl2N4O8/c1-26(2)24-59-46(57)52-23-34-21-41-38(50-44(54)42(60-41)32-12-14-35(15-13-32)58-25-29-7-16-36(47)37(48)17-29)19-33(34)20-40(52)43(53)51-39(45(55)56)18-27-3-8-30(9-4-27)31-10-5-28(22-49)6-11-31/h3-17,19,21,26,39-40,42H,18,20,23-25H2,1-2H3,(H,50,54)(H,51,53)(H,55,56)/t39-,40?,42?/m0/s1. The van der Waals surface area contributed by atoms with Crippen molar-refractivity contribution in [2.75, 3.05) is 11.9 Å². The molecule has 2 aliphatic heterocycles. The van der Waals surface area contributed by atoms with Crippen molar-refractivity contribution in [3.8, 4) is 28.7 Å². The maximum atomic E-state index is 14.0. The number of amides is 3. The van der Waals surface area contributed by atoms with Crippen LogP contribution in [0.25, 0.3) is 11.1 Å². The topological polar surface area (TPSA) is 167 Å². The average molecular weight is 848 g/mol. The fourth-order valence-electron chi connectivity index (χ4n) is 6.97. The molecule has 2 heterocycles. The summed E-state index contributed by atoms with van der Waals surface area (Å²) in [6, 6.07) is 29.7. The Bertz CT molecular complexity index is 2470. The lowest BCUT2D eigenvalue weighted by molar-refractivity contribution is -0.142. The second-order valence-corrected chi connectivity index (χ2v) is 15.8. The lowest BCUT2D eigenvalue weighted by atomic mass is 9.92. The molecule has 3 N–H and O–H groups in total. The molecule has 0 bridgehead atoms. The van der Waals surface area contributed by atoms with Crippen LogP contribution in [0.3, 0.4) is 0 Å². The molecule has 5 aromatic carbocycles. The van der Waals surface area contributed by atoms with Crippen LogP contribution in [0.15, 0.2) is 103 Å². The number of ether oxygens (including phenoxy) is 3. The van der Waals surface area contributed by atoms with Crippen molar-refractivity contribution in [3.05, 3.63) is 147 Å². The number of halogens is 2. The Hall–Kier alpha value is -6.55. The predicted molar refractivity (Wildman–Crippen MR) is 225 cm³/mol. The second-order valence-electron chi connectivity index (χ2n) is 15.0. The minimum Gasteiger partial charge on any atom is -0.489 e. The second kappa shape index (κ2) is 18.2. The van der Waals surface area contributed by atoms with Crippen LogP contribution < -0.4 is 20.1 Å². The molecule has 0 spiro atoms. The van der Waals surface area contributed by atoms with E-state index in [2.05, 4.69) is 16.7 Å². The van der Waals surface area contributed by atoms with E-state index in [4.69, 9.17) is 42.7 Å². The summed E-state index contributed by atoms with van der Waals surface area (Å²) in [5.74, 6) is -1.31. The zero-order valence-electron chi connectivity index (χ0n) is 32.6. The van der Waals surface area contributed by atoms with Crippen molar-refractivity contribution < 1.29 is 38.5 Å². The van der Waals surface area contributed by atoms with Crippen molar-refractivity contribution in [3.63, 3.8) is 0 Å². The van der Waals surface area contributed by atoms with Crippen LogP contribution in [0.2, 0.25) is 10.0 Å². The van der Waals surface area contributed by atoms with Gasteiger partial charge in [0.25, 0.3) is 5.91 Å². The Labute approximate surface area is 356 Å². The van der Waals surface area contributed by atoms with Gasteiger partial charge in [-0.1, -0.05) is 91.6 Å². The SMILES string of the molecule is CC(C)COC(=O)N1Cc2cc3c(cc2CC1C(=O)N[C@@H](Cc1ccc(-c2ccc(C#N)cc2)cc1)C(=O)O)NC(=O)C(c1ccc(OCc2ccc(Cl)c(Cl)c2)cc1)O3. The van der Waals surface area contributed by atoms with Gasteiger partial charge in [-0.25, -0.2) is 9.59 Å². The Kier molecular flexibility index (Phi) is 12.6. The third-order valence-electron chi connectivity index (χ3n) is 10.2. The molecular weight excluding hydrogens is 807 g/mol. The molecule has 7 rings (SSSR count). The highest BCUT2D eigenvalue weighted by Gasteiger charge is 2.39. The van der Waals surface area contributed by atoms with Gasteiger partial charge in [0.05, 0.1) is 40.5 Å². The van der Waals surface area contributed by atoms with Crippen LogP contribution in [0.1, 0.15) is 53.3 Å². The highest BCUT2D eigenvalue weighted by Crippen LogP contribution is 2.40. The van der Waals surface area contributed by atoms with Gasteiger partial charge in [-0.3, -0.25) is 14.5 Å². The van der Waals surface area contributed by atoms with Gasteiger partial charge in [0.1, 0.15) is 30.2 Å². The molecule has 3 atom stereocenters. The van der Waals surface area contributed by atoms with E-state index in [1.165, 1.54) is 4.90 Å². The van der Waals surface area contributed by atoms with Crippen LogP contribution >= 0.6 is 23.2 Å². The van der Waals surface area contributed by atoms with Gasteiger partial charge in [0, 0.05) is 18.4 Å². The van der Waals surface area contributed by atoms with Crippen molar-refractivity contribution in [2.45, 2.75) is 58.0 Å². The number of hydrogen-bond acceptors (Lipinski definition) is 8. The number of benzene rings is 5. The van der Waals surface area contributed by atoms with Crippen LogP contribution in [0, 0.1) is 17.2 Å². The van der Waals surface area contributed by atoms with Crippen molar-refractivity contribution in [1.29, 1.82) is 5.26 Å². The summed E-state index contributed by atoms with van der Waals surface area (Å²) in [6.07, 6.45) is -1.68. The molecule has 0 aromatic heterocycles. The van der Waals surface area contributed by atoms with E-state index >= 15 is 0 Å². The van der Waals surface area contributed by atoms with E-state index in [0.717, 1.165) is 16.7 Å². The molecule has 2 aliphatic rings. The number of anilines is 1. The first-order chi connectivity index (χ1) is 28.8. The molecule has 0 saturated heterocycles. The van der Waals surface area contributed by atoms with Crippen molar-refractivity contribution in [1.82, 2.24) is 10.2 Å². The molecule has 60 heavy (non-hydrogen) atoms. The highest BCUT2D eigenvalue weighted by atomic mass is 35.5. The quantitative estimate of drug-likeness (QED) is 0.112. The van der Waals surface area contributed by atoms with E-state index < -0.39 is 42.1 Å². The number of fused-ring (bicyclic) bond motifs is 2. The fourth-order valence-corrected chi connectivity index (χ4v) is 7.29. The first-order valence-corrected chi connectivity index (χ1v) is 20.0. The summed E-state index contributed by atoms with van der Waals surface area (Å²) in [7, 11) is 0. The van der Waals surface area contributed by atoms with Crippen LogP contribution in [-0.4, -0.2) is 52.6 Å². The number of aliphatic carboxylic acids is 1. The number of hydrogen-bond donors (Lipinski definition) is 3. The maximum Gasteiger partial charge on any atom is 0.410 e. The lowest BCUT2D eigenvalue weighted by Gasteiger charge is -2.37. The summed E-state index contributed by atoms with van der Waals surface area (Å²) in [5, 5.41) is 25.7. The van der Waals surface area contributed by atoms with E-state index in [0.29, 0.717) is 55.0 Å². The Morgan fingerprint density at radius 2 is 1.60 bits per heavy atom. The highest BCUT2D eigenvalue weighted by molar-refractivity contribution is 6.42. The minimum absolute atomic E-state index is 0.0116. The molecule has 0 aliphatic carbocycles. The Morgan fingerprint density at radius 1 is 0.917 bits per heavy atom. The van der Waals surface area contributed by atoms with Gasteiger partial charge in [0.15, 0.2) is 0 Å². The lowest BCUT2D eigenvalue weighted by Crippen LogP contribution is -2.56. The number of carbonyl (C=O) groups is 4. The van der Waals surface area contributed by atoms with E-state index in [1.807, 2.05) is 44.2 Å². The first kappa shape index (κ1) is 41.6. The zero-order valence-corrected chi connectivity index (χ0v) is 34.1. The maximum absolute atomic E-state index is 14.0. The smallest absolute Gasteiger partial charge is 0.410 e. The van der Waals surface area contributed by atoms with Crippen LogP contribution in [0.4, 0.5) is 10.5 Å². The van der Waals surface area contributed by atoms with Gasteiger partial charge >= 0.3 is 12.1 Å². The van der Waals surface area contributed by atoms with E-state index in [1.54, 1.807) is 72.8 Å².